The number of anilines is 1. The Morgan fingerprint density at radius 2 is 1.82 bits per heavy atom. The molecule has 33 heavy (non-hydrogen) atoms. The van der Waals surface area contributed by atoms with E-state index in [0.29, 0.717) is 11.3 Å². The van der Waals surface area contributed by atoms with E-state index in [0.717, 1.165) is 33.2 Å². The highest BCUT2D eigenvalue weighted by atomic mass is 32.2. The van der Waals surface area contributed by atoms with Gasteiger partial charge in [-0.1, -0.05) is 53.7 Å². The highest BCUT2D eigenvalue weighted by Gasteiger charge is 2.41. The van der Waals surface area contributed by atoms with Crippen LogP contribution in [0.15, 0.2) is 75.9 Å². The molecular weight excluding hydrogens is 434 g/mol. The average molecular weight is 462 g/mol. The Morgan fingerprint density at radius 1 is 1.09 bits per heavy atom. The van der Waals surface area contributed by atoms with Crippen molar-refractivity contribution in [2.45, 2.75) is 40.2 Å². The third-order valence-corrected chi connectivity index (χ3v) is 6.54. The second-order valence-corrected chi connectivity index (χ2v) is 8.90. The molecule has 0 spiro atoms. The lowest BCUT2D eigenvalue weighted by Crippen LogP contribution is -2.37. The van der Waals surface area contributed by atoms with Gasteiger partial charge in [0.05, 0.1) is 30.3 Å². The number of aryl methyl sites for hydroxylation is 2. The van der Waals surface area contributed by atoms with E-state index in [1.165, 1.54) is 11.8 Å². The summed E-state index contributed by atoms with van der Waals surface area (Å²) in [4.78, 5) is 32.6. The monoisotopic (exact) mass is 461 g/mol. The summed E-state index contributed by atoms with van der Waals surface area (Å²) in [6, 6.07) is 15.3. The van der Waals surface area contributed by atoms with Crippen molar-refractivity contribution in [2.24, 2.45) is 4.99 Å². The number of benzene rings is 2. The van der Waals surface area contributed by atoms with E-state index in [9.17, 15) is 9.59 Å². The molecule has 0 bridgehead atoms. The fourth-order valence-electron chi connectivity index (χ4n) is 4.03. The smallest absolute Gasteiger partial charge is 0.338 e. The average Bonchev–Trinajstić information content (AvgIpc) is 3.17. The molecule has 2 aromatic rings. The molecule has 0 fully saturated rings. The summed E-state index contributed by atoms with van der Waals surface area (Å²) in [6.07, 6.45) is 0.164. The fraction of sp³-hybridized carbons (Fsp3) is 0.269. The Kier molecular flexibility index (Phi) is 6.70. The van der Waals surface area contributed by atoms with Crippen LogP contribution in [0.5, 0.6) is 0 Å². The van der Waals surface area contributed by atoms with Crippen molar-refractivity contribution in [1.82, 2.24) is 4.90 Å². The highest BCUT2D eigenvalue weighted by Crippen LogP contribution is 2.45. The topological polar surface area (TPSA) is 71.0 Å². The number of amidine groups is 1. The number of thioether (sulfide) groups is 1. The standard InChI is InChI=1S/C26H27N3O3S/c1-5-32-25(31)23-18(4)27-26-29(24(23)21-9-7-6-8-17(21)3)20(15-33-26)14-22(30)28-19-12-10-16(2)11-13-19/h6-13,15,24H,5,14H2,1-4H3,(H,28,30)/t24-/m0/s1. The normalized spacial score (nSPS) is 17.3. The Bertz CT molecular complexity index is 1180. The first-order valence-corrected chi connectivity index (χ1v) is 11.8. The maximum absolute atomic E-state index is 13.0. The second kappa shape index (κ2) is 9.67. The van der Waals surface area contributed by atoms with Gasteiger partial charge < -0.3 is 15.0 Å². The molecular formula is C26H27N3O3S. The van der Waals surface area contributed by atoms with E-state index in [1.54, 1.807) is 6.92 Å². The van der Waals surface area contributed by atoms with Gasteiger partial charge in [0.1, 0.15) is 0 Å². The number of esters is 1. The first-order valence-electron chi connectivity index (χ1n) is 10.9. The minimum Gasteiger partial charge on any atom is -0.463 e. The van der Waals surface area contributed by atoms with Gasteiger partial charge in [-0.2, -0.15) is 0 Å². The summed E-state index contributed by atoms with van der Waals surface area (Å²) in [6.45, 7) is 7.94. The molecule has 170 valence electrons. The van der Waals surface area contributed by atoms with Gasteiger partial charge in [0.15, 0.2) is 5.17 Å². The minimum absolute atomic E-state index is 0.126. The van der Waals surface area contributed by atoms with Crippen LogP contribution in [0.3, 0.4) is 0 Å². The molecule has 4 rings (SSSR count). The van der Waals surface area contributed by atoms with Crippen LogP contribution in [-0.2, 0) is 14.3 Å². The van der Waals surface area contributed by atoms with Gasteiger partial charge >= 0.3 is 5.97 Å². The van der Waals surface area contributed by atoms with Crippen LogP contribution in [0, 0.1) is 13.8 Å². The van der Waals surface area contributed by atoms with Crippen molar-refractivity contribution in [3.8, 4) is 0 Å². The highest BCUT2D eigenvalue weighted by molar-refractivity contribution is 8.16. The van der Waals surface area contributed by atoms with E-state index in [2.05, 4.69) is 10.3 Å². The molecule has 6 nitrogen and oxygen atoms in total. The van der Waals surface area contributed by atoms with Crippen LogP contribution in [0.1, 0.15) is 43.0 Å². The van der Waals surface area contributed by atoms with E-state index < -0.39 is 6.04 Å². The number of amides is 1. The largest absolute Gasteiger partial charge is 0.463 e. The summed E-state index contributed by atoms with van der Waals surface area (Å²) in [5.41, 5.74) is 5.86. The predicted molar refractivity (Wildman–Crippen MR) is 133 cm³/mol. The van der Waals surface area contributed by atoms with Crippen molar-refractivity contribution >= 4 is 34.5 Å². The van der Waals surface area contributed by atoms with Crippen LogP contribution >= 0.6 is 11.8 Å². The summed E-state index contributed by atoms with van der Waals surface area (Å²) in [5.74, 6) is -0.508. The molecule has 2 heterocycles. The zero-order chi connectivity index (χ0) is 23.5. The van der Waals surface area contributed by atoms with Gasteiger partial charge in [-0.05, 0) is 56.4 Å². The third-order valence-electron chi connectivity index (χ3n) is 5.66. The first-order chi connectivity index (χ1) is 15.9. The molecule has 0 radical (unpaired) electrons. The van der Waals surface area contributed by atoms with Gasteiger partial charge in [0, 0.05) is 11.4 Å². The number of rotatable bonds is 6. The van der Waals surface area contributed by atoms with Crippen LogP contribution in [-0.4, -0.2) is 28.6 Å². The second-order valence-electron chi connectivity index (χ2n) is 8.06. The van der Waals surface area contributed by atoms with Crippen molar-refractivity contribution in [1.29, 1.82) is 0 Å². The zero-order valence-electron chi connectivity index (χ0n) is 19.2. The molecule has 7 heteroatoms. The van der Waals surface area contributed by atoms with Gasteiger partial charge in [-0.15, -0.1) is 0 Å². The molecule has 1 atom stereocenters. The zero-order valence-corrected chi connectivity index (χ0v) is 20.0. The molecule has 0 aliphatic carbocycles. The van der Waals surface area contributed by atoms with E-state index in [-0.39, 0.29) is 24.9 Å². The SMILES string of the molecule is CCOC(=O)C1=C(C)N=C2SC=C(CC(=O)Nc3ccc(C)cc3)N2[C@H]1c1ccccc1C. The van der Waals surface area contributed by atoms with E-state index in [4.69, 9.17) is 4.74 Å². The molecule has 1 N–H and O–H groups in total. The Hall–Kier alpha value is -3.32. The molecule has 2 aromatic carbocycles. The molecule has 0 saturated carbocycles. The van der Waals surface area contributed by atoms with Crippen LogP contribution in [0.2, 0.25) is 0 Å². The number of ether oxygens (including phenoxy) is 1. The lowest BCUT2D eigenvalue weighted by Gasteiger charge is -2.37. The quantitative estimate of drug-likeness (QED) is 0.578. The van der Waals surface area contributed by atoms with Crippen molar-refractivity contribution in [3.63, 3.8) is 0 Å². The Morgan fingerprint density at radius 3 is 2.52 bits per heavy atom. The molecule has 1 amide bonds. The van der Waals surface area contributed by atoms with Crippen LogP contribution < -0.4 is 5.32 Å². The number of carbonyl (C=O) groups excluding carboxylic acids is 2. The summed E-state index contributed by atoms with van der Waals surface area (Å²) in [7, 11) is 0. The van der Waals surface area contributed by atoms with Crippen LogP contribution in [0.25, 0.3) is 0 Å². The Labute approximate surface area is 198 Å². The molecule has 0 saturated heterocycles. The van der Waals surface area contributed by atoms with Crippen molar-refractivity contribution in [3.05, 3.63) is 87.6 Å². The number of aliphatic imine (C=N–C) groups is 1. The van der Waals surface area contributed by atoms with Gasteiger partial charge in [0.25, 0.3) is 0 Å². The fourth-order valence-corrected chi connectivity index (χ4v) is 5.00. The minimum atomic E-state index is -0.411. The van der Waals surface area contributed by atoms with E-state index >= 15 is 0 Å². The maximum Gasteiger partial charge on any atom is 0.338 e. The number of fused-ring (bicyclic) bond motifs is 1. The Balaban J connectivity index is 1.67. The van der Waals surface area contributed by atoms with Gasteiger partial charge in [-0.25, -0.2) is 9.79 Å². The lowest BCUT2D eigenvalue weighted by atomic mass is 9.91. The number of allylic oxidation sites excluding steroid dienone is 1. The molecule has 0 aromatic heterocycles. The van der Waals surface area contributed by atoms with Crippen molar-refractivity contribution in [2.75, 3.05) is 11.9 Å². The van der Waals surface area contributed by atoms with Gasteiger partial charge in [-0.3, -0.25) is 4.79 Å². The maximum atomic E-state index is 13.0. The first kappa shape index (κ1) is 22.9. The van der Waals surface area contributed by atoms with Crippen LogP contribution in [0.4, 0.5) is 5.69 Å². The summed E-state index contributed by atoms with van der Waals surface area (Å²) < 4.78 is 5.40. The lowest BCUT2D eigenvalue weighted by molar-refractivity contribution is -0.139. The number of carbonyl (C=O) groups is 2. The number of nitrogens with zero attached hydrogens (tertiary/aromatic N) is 2. The predicted octanol–water partition coefficient (Wildman–Crippen LogP) is 5.47. The summed E-state index contributed by atoms with van der Waals surface area (Å²) >= 11 is 1.47. The molecule has 2 aliphatic heterocycles. The van der Waals surface area contributed by atoms with E-state index in [1.807, 2.05) is 79.6 Å². The number of nitrogens with one attached hydrogen (secondary N) is 1. The number of hydrogen-bond donors (Lipinski definition) is 1. The molecule has 2 aliphatic rings. The summed E-state index contributed by atoms with van der Waals surface area (Å²) in [5, 5.41) is 5.66. The number of hydrogen-bond acceptors (Lipinski definition) is 6. The third kappa shape index (κ3) is 4.73. The molecule has 0 unspecified atom stereocenters. The van der Waals surface area contributed by atoms with Crippen molar-refractivity contribution < 1.29 is 14.3 Å². The van der Waals surface area contributed by atoms with Gasteiger partial charge in [0.2, 0.25) is 5.91 Å².